The van der Waals surface area contributed by atoms with Crippen LogP contribution in [0, 0.1) is 6.92 Å². The molecule has 0 aliphatic carbocycles. The molecule has 0 spiro atoms. The van der Waals surface area contributed by atoms with Crippen molar-refractivity contribution in [2.24, 2.45) is 0 Å². The van der Waals surface area contributed by atoms with Crippen molar-refractivity contribution in [1.29, 1.82) is 0 Å². The molecule has 4 nitrogen and oxygen atoms in total. The minimum atomic E-state index is -0.131. The van der Waals surface area contributed by atoms with E-state index in [0.717, 1.165) is 27.7 Å². The van der Waals surface area contributed by atoms with Gasteiger partial charge in [-0.25, -0.2) is 0 Å². The number of aromatic nitrogens is 1. The molecule has 0 saturated carbocycles. The molecule has 1 heterocycles. The van der Waals surface area contributed by atoms with Crippen LogP contribution < -0.4 is 4.74 Å². The molecule has 3 aromatic rings. The first-order valence-corrected chi connectivity index (χ1v) is 6.59. The van der Waals surface area contributed by atoms with Crippen molar-refractivity contribution in [2.75, 3.05) is 7.11 Å². The van der Waals surface area contributed by atoms with Gasteiger partial charge in [-0.05, 0) is 30.7 Å². The fraction of sp³-hybridized carbons (Fsp3) is 0.118. The number of para-hydroxylation sites is 1. The first-order valence-electron chi connectivity index (χ1n) is 6.59. The van der Waals surface area contributed by atoms with E-state index in [4.69, 9.17) is 4.74 Å². The van der Waals surface area contributed by atoms with Gasteiger partial charge in [-0.3, -0.25) is 4.79 Å². The van der Waals surface area contributed by atoms with Crippen molar-refractivity contribution in [3.8, 4) is 22.6 Å². The van der Waals surface area contributed by atoms with Crippen LogP contribution in [0.5, 0.6) is 11.5 Å². The maximum absolute atomic E-state index is 11.1. The van der Waals surface area contributed by atoms with Crippen molar-refractivity contribution >= 4 is 17.2 Å². The van der Waals surface area contributed by atoms with Crippen molar-refractivity contribution in [3.63, 3.8) is 0 Å². The maximum Gasteiger partial charge on any atom is 0.168 e. The lowest BCUT2D eigenvalue weighted by Crippen LogP contribution is -1.91. The summed E-state index contributed by atoms with van der Waals surface area (Å²) >= 11 is 0. The van der Waals surface area contributed by atoms with Gasteiger partial charge in [-0.2, -0.15) is 0 Å². The number of aromatic hydroxyl groups is 1. The van der Waals surface area contributed by atoms with E-state index < -0.39 is 0 Å². The molecule has 0 radical (unpaired) electrons. The Hall–Kier alpha value is -2.75. The number of phenols is 1. The number of benzene rings is 2. The average molecular weight is 281 g/mol. The van der Waals surface area contributed by atoms with Gasteiger partial charge in [-0.15, -0.1) is 0 Å². The summed E-state index contributed by atoms with van der Waals surface area (Å²) in [5.74, 6) is 0.160. The van der Waals surface area contributed by atoms with Crippen LogP contribution in [0.3, 0.4) is 0 Å². The number of ether oxygens (including phenoxy) is 1. The molecular formula is C17H15NO3. The van der Waals surface area contributed by atoms with Gasteiger partial charge in [0.05, 0.1) is 12.7 Å². The number of fused-ring (bicyclic) bond motifs is 1. The van der Waals surface area contributed by atoms with Crippen LogP contribution in [0.1, 0.15) is 16.1 Å². The van der Waals surface area contributed by atoms with Crippen LogP contribution >= 0.6 is 0 Å². The van der Waals surface area contributed by atoms with E-state index in [2.05, 4.69) is 4.98 Å². The fourth-order valence-corrected chi connectivity index (χ4v) is 2.67. The Bertz CT molecular complexity index is 833. The Balaban J connectivity index is 2.32. The molecule has 0 aliphatic rings. The van der Waals surface area contributed by atoms with Gasteiger partial charge in [0.2, 0.25) is 0 Å². The number of rotatable bonds is 3. The van der Waals surface area contributed by atoms with Crippen molar-refractivity contribution in [3.05, 3.63) is 47.7 Å². The fourth-order valence-electron chi connectivity index (χ4n) is 2.67. The molecule has 21 heavy (non-hydrogen) atoms. The van der Waals surface area contributed by atoms with Gasteiger partial charge in [0.15, 0.2) is 17.8 Å². The summed E-state index contributed by atoms with van der Waals surface area (Å²) in [6.45, 7) is 1.98. The number of carbonyl (C=O) groups excluding carboxylic acids is 1. The highest BCUT2D eigenvalue weighted by Crippen LogP contribution is 2.38. The van der Waals surface area contributed by atoms with Gasteiger partial charge in [0.25, 0.3) is 0 Å². The van der Waals surface area contributed by atoms with Crippen LogP contribution in [-0.4, -0.2) is 23.5 Å². The molecule has 2 N–H and O–H groups in total. The number of aryl methyl sites for hydroxylation is 1. The molecule has 2 aromatic carbocycles. The smallest absolute Gasteiger partial charge is 0.168 e. The standard InChI is InChI=1S/C17H15NO3/c1-10-16(13-5-3-4-6-14(13)18-10)11-7-12(9-19)17(20)15(8-11)21-2/h3-9,18,20H,1-2H3. The van der Waals surface area contributed by atoms with Crippen LogP contribution in [0.2, 0.25) is 0 Å². The van der Waals surface area contributed by atoms with Crippen LogP contribution in [0.25, 0.3) is 22.0 Å². The normalized spacial score (nSPS) is 10.8. The number of hydrogen-bond acceptors (Lipinski definition) is 3. The number of aromatic amines is 1. The lowest BCUT2D eigenvalue weighted by Gasteiger charge is -2.09. The van der Waals surface area contributed by atoms with E-state index in [1.807, 2.05) is 31.2 Å². The number of phenolic OH excluding ortho intramolecular Hbond substituents is 1. The predicted molar refractivity (Wildman–Crippen MR) is 82.1 cm³/mol. The monoisotopic (exact) mass is 281 g/mol. The summed E-state index contributed by atoms with van der Waals surface area (Å²) in [5.41, 5.74) is 4.09. The van der Waals surface area contributed by atoms with E-state index in [-0.39, 0.29) is 11.3 Å². The molecular weight excluding hydrogens is 266 g/mol. The predicted octanol–water partition coefficient (Wildman–Crippen LogP) is 3.67. The number of H-pyrrole nitrogens is 1. The third-order valence-corrected chi connectivity index (χ3v) is 3.63. The average Bonchev–Trinajstić information content (AvgIpc) is 2.83. The minimum Gasteiger partial charge on any atom is -0.504 e. The quantitative estimate of drug-likeness (QED) is 0.720. The molecule has 0 bridgehead atoms. The first-order chi connectivity index (χ1) is 10.2. The number of nitrogens with one attached hydrogen (secondary N) is 1. The van der Waals surface area contributed by atoms with Crippen molar-refractivity contribution < 1.29 is 14.6 Å². The molecule has 0 amide bonds. The van der Waals surface area contributed by atoms with Gasteiger partial charge in [0.1, 0.15) is 0 Å². The molecule has 106 valence electrons. The highest BCUT2D eigenvalue weighted by molar-refractivity contribution is 5.99. The summed E-state index contributed by atoms with van der Waals surface area (Å²) in [7, 11) is 1.47. The molecule has 0 unspecified atom stereocenters. The number of aldehydes is 1. The third kappa shape index (κ3) is 2.05. The lowest BCUT2D eigenvalue weighted by atomic mass is 9.99. The van der Waals surface area contributed by atoms with E-state index >= 15 is 0 Å². The number of methoxy groups -OCH3 is 1. The Morgan fingerprint density at radius 1 is 1.24 bits per heavy atom. The second-order valence-corrected chi connectivity index (χ2v) is 4.90. The molecule has 0 saturated heterocycles. The van der Waals surface area contributed by atoms with Crippen molar-refractivity contribution in [2.45, 2.75) is 6.92 Å². The topological polar surface area (TPSA) is 62.3 Å². The highest BCUT2D eigenvalue weighted by Gasteiger charge is 2.15. The maximum atomic E-state index is 11.1. The SMILES string of the molecule is COc1cc(-c2c(C)[nH]c3ccccc23)cc(C=O)c1O. The molecule has 4 heteroatoms. The number of carbonyl (C=O) groups is 1. The Kier molecular flexibility index (Phi) is 3.14. The number of hydrogen-bond donors (Lipinski definition) is 2. The molecule has 0 atom stereocenters. The summed E-state index contributed by atoms with van der Waals surface area (Å²) in [6.07, 6.45) is 0.630. The zero-order valence-electron chi connectivity index (χ0n) is 11.8. The summed E-state index contributed by atoms with van der Waals surface area (Å²) in [6, 6.07) is 11.4. The molecule has 3 rings (SSSR count). The van der Waals surface area contributed by atoms with Gasteiger partial charge >= 0.3 is 0 Å². The first kappa shape index (κ1) is 13.2. The Morgan fingerprint density at radius 3 is 2.71 bits per heavy atom. The molecule has 0 aliphatic heterocycles. The molecule has 0 fully saturated rings. The van der Waals surface area contributed by atoms with Gasteiger partial charge in [-0.1, -0.05) is 18.2 Å². The summed E-state index contributed by atoms with van der Waals surface area (Å²) in [5, 5.41) is 11.0. The van der Waals surface area contributed by atoms with E-state index in [1.165, 1.54) is 7.11 Å². The van der Waals surface area contributed by atoms with Crippen molar-refractivity contribution in [1.82, 2.24) is 4.98 Å². The lowest BCUT2D eigenvalue weighted by molar-refractivity contribution is 0.112. The minimum absolute atomic E-state index is 0.131. The second kappa shape index (κ2) is 4.98. The van der Waals surface area contributed by atoms with Crippen LogP contribution in [0.15, 0.2) is 36.4 Å². The van der Waals surface area contributed by atoms with Gasteiger partial charge < -0.3 is 14.8 Å². The zero-order chi connectivity index (χ0) is 15.0. The van der Waals surface area contributed by atoms with Crippen LogP contribution in [0.4, 0.5) is 0 Å². The zero-order valence-corrected chi connectivity index (χ0v) is 11.8. The van der Waals surface area contributed by atoms with Crippen LogP contribution in [-0.2, 0) is 0 Å². The molecule has 1 aromatic heterocycles. The van der Waals surface area contributed by atoms with E-state index in [0.29, 0.717) is 12.0 Å². The summed E-state index contributed by atoms with van der Waals surface area (Å²) in [4.78, 5) is 14.5. The van der Waals surface area contributed by atoms with Gasteiger partial charge in [0, 0.05) is 22.2 Å². The third-order valence-electron chi connectivity index (χ3n) is 3.63. The largest absolute Gasteiger partial charge is 0.504 e. The Morgan fingerprint density at radius 2 is 2.00 bits per heavy atom. The van der Waals surface area contributed by atoms with E-state index in [1.54, 1.807) is 12.1 Å². The van der Waals surface area contributed by atoms with E-state index in [9.17, 15) is 9.90 Å². The summed E-state index contributed by atoms with van der Waals surface area (Å²) < 4.78 is 5.16. The second-order valence-electron chi connectivity index (χ2n) is 4.90. The Labute approximate surface area is 122 Å². The highest BCUT2D eigenvalue weighted by atomic mass is 16.5.